The van der Waals surface area contributed by atoms with Crippen molar-refractivity contribution >= 4 is 39.0 Å². The molecule has 0 bridgehead atoms. The Labute approximate surface area is 126 Å². The van der Waals surface area contributed by atoms with E-state index in [1.54, 1.807) is 0 Å². The number of aromatic nitrogens is 2. The first-order chi connectivity index (χ1) is 10.0. The Morgan fingerprint density at radius 1 is 1.33 bits per heavy atom. The van der Waals surface area contributed by atoms with Gasteiger partial charge in [-0.25, -0.2) is 9.97 Å². The first kappa shape index (κ1) is 14.8. The van der Waals surface area contributed by atoms with Gasteiger partial charge in [0, 0.05) is 0 Å². The van der Waals surface area contributed by atoms with Gasteiger partial charge in [-0.2, -0.15) is 0 Å². The largest absolute Gasteiger partial charge is 0.318 e. The van der Waals surface area contributed by atoms with Gasteiger partial charge in [0.1, 0.15) is 15.9 Å². The molecule has 1 amide bonds. The van der Waals surface area contributed by atoms with Crippen LogP contribution in [0.15, 0.2) is 35.2 Å². The molecule has 108 valence electrons. The van der Waals surface area contributed by atoms with E-state index in [2.05, 4.69) is 36.6 Å². The molecule has 0 saturated heterocycles. The molecule has 1 heterocycles. The number of anilines is 2. The van der Waals surface area contributed by atoms with E-state index in [1.807, 2.05) is 0 Å². The highest BCUT2D eigenvalue weighted by atomic mass is 79.9. The minimum Gasteiger partial charge on any atom is -0.318 e. The molecule has 0 spiro atoms. The molecule has 0 unspecified atom stereocenters. The van der Waals surface area contributed by atoms with E-state index in [4.69, 9.17) is 5.84 Å². The van der Waals surface area contributed by atoms with Crippen molar-refractivity contribution in [1.29, 1.82) is 0 Å². The molecule has 0 aliphatic rings. The quantitative estimate of drug-likeness (QED) is 0.432. The maximum absolute atomic E-state index is 12.1. The van der Waals surface area contributed by atoms with Gasteiger partial charge in [0.15, 0.2) is 5.82 Å². The number of nitrogen functional groups attached to an aromatic ring is 1. The molecule has 0 radical (unpaired) electrons. The number of amides is 1. The van der Waals surface area contributed by atoms with E-state index in [-0.39, 0.29) is 17.1 Å². The van der Waals surface area contributed by atoms with Crippen LogP contribution in [-0.4, -0.2) is 20.8 Å². The molecule has 0 saturated carbocycles. The summed E-state index contributed by atoms with van der Waals surface area (Å²) in [5, 5.41) is 13.5. The van der Waals surface area contributed by atoms with Gasteiger partial charge in [-0.3, -0.25) is 20.8 Å². The zero-order valence-corrected chi connectivity index (χ0v) is 12.0. The van der Waals surface area contributed by atoms with Crippen molar-refractivity contribution in [2.24, 2.45) is 5.84 Å². The van der Waals surface area contributed by atoms with E-state index in [0.717, 1.165) is 0 Å². The Bertz CT molecular complexity index is 691. The van der Waals surface area contributed by atoms with E-state index in [0.29, 0.717) is 4.60 Å². The number of benzene rings is 1. The summed E-state index contributed by atoms with van der Waals surface area (Å²) < 4.78 is 0.501. The molecule has 0 fully saturated rings. The highest BCUT2D eigenvalue weighted by molar-refractivity contribution is 9.10. The smallest absolute Gasteiger partial charge is 0.306 e. The number of nitro benzene ring substituents is 1. The molecule has 1 aromatic carbocycles. The van der Waals surface area contributed by atoms with Crippen LogP contribution in [0.25, 0.3) is 0 Å². The van der Waals surface area contributed by atoms with E-state index in [1.165, 1.54) is 30.6 Å². The number of hydrogen-bond acceptors (Lipinski definition) is 7. The molecular weight excluding hydrogens is 344 g/mol. The predicted octanol–water partition coefficient (Wildman–Crippen LogP) is 1.69. The number of rotatable bonds is 4. The average molecular weight is 353 g/mol. The van der Waals surface area contributed by atoms with Crippen LogP contribution in [-0.2, 0) is 0 Å². The Hall–Kier alpha value is -2.59. The number of nitrogens with one attached hydrogen (secondary N) is 2. The van der Waals surface area contributed by atoms with Gasteiger partial charge in [-0.05, 0) is 28.1 Å². The Kier molecular flexibility index (Phi) is 4.40. The van der Waals surface area contributed by atoms with E-state index in [9.17, 15) is 14.9 Å². The standard InChI is InChI=1S/C11H9BrN6O3/c12-8-4-15-9(5-14-8)16-11(19)6-2-1-3-7(17-13)10(6)18(20)21/h1-5,17H,13H2,(H,15,16,19). The highest BCUT2D eigenvalue weighted by Gasteiger charge is 2.24. The summed E-state index contributed by atoms with van der Waals surface area (Å²) in [6, 6.07) is 4.19. The van der Waals surface area contributed by atoms with Crippen molar-refractivity contribution in [1.82, 2.24) is 9.97 Å². The van der Waals surface area contributed by atoms with Gasteiger partial charge in [0.05, 0.1) is 17.3 Å². The second kappa shape index (κ2) is 6.24. The fourth-order valence-electron chi connectivity index (χ4n) is 1.60. The second-order valence-electron chi connectivity index (χ2n) is 3.78. The van der Waals surface area contributed by atoms with E-state index >= 15 is 0 Å². The highest BCUT2D eigenvalue weighted by Crippen LogP contribution is 2.28. The number of nitro groups is 1. The summed E-state index contributed by atoms with van der Waals surface area (Å²) in [6.07, 6.45) is 2.71. The molecule has 9 nitrogen and oxygen atoms in total. The second-order valence-corrected chi connectivity index (χ2v) is 4.59. The van der Waals surface area contributed by atoms with Gasteiger partial charge in [0.2, 0.25) is 0 Å². The topological polar surface area (TPSA) is 136 Å². The molecule has 0 aliphatic heterocycles. The van der Waals surface area contributed by atoms with E-state index < -0.39 is 16.5 Å². The van der Waals surface area contributed by atoms with Crippen molar-refractivity contribution in [2.45, 2.75) is 0 Å². The number of carbonyl (C=O) groups excluding carboxylic acids is 1. The maximum atomic E-state index is 12.1. The van der Waals surface area contributed by atoms with Crippen LogP contribution in [0.2, 0.25) is 0 Å². The van der Waals surface area contributed by atoms with Crippen molar-refractivity contribution in [3.63, 3.8) is 0 Å². The number of carbonyl (C=O) groups is 1. The predicted molar refractivity (Wildman–Crippen MR) is 78.6 cm³/mol. The summed E-state index contributed by atoms with van der Waals surface area (Å²) in [7, 11) is 0. The number of nitrogens with two attached hydrogens (primary N) is 1. The number of hydrazine groups is 1. The fourth-order valence-corrected chi connectivity index (χ4v) is 1.81. The summed E-state index contributed by atoms with van der Waals surface area (Å²) in [6.45, 7) is 0. The molecule has 21 heavy (non-hydrogen) atoms. The fraction of sp³-hybridized carbons (Fsp3) is 0. The van der Waals surface area contributed by atoms with Gasteiger partial charge in [0.25, 0.3) is 5.91 Å². The van der Waals surface area contributed by atoms with Crippen LogP contribution < -0.4 is 16.6 Å². The lowest BCUT2D eigenvalue weighted by Crippen LogP contribution is -2.17. The Morgan fingerprint density at radius 3 is 2.67 bits per heavy atom. The molecule has 0 aliphatic carbocycles. The summed E-state index contributed by atoms with van der Waals surface area (Å²) in [5.41, 5.74) is 1.67. The zero-order chi connectivity index (χ0) is 15.4. The average Bonchev–Trinajstić information content (AvgIpc) is 2.48. The third-order valence-electron chi connectivity index (χ3n) is 2.48. The molecule has 2 rings (SSSR count). The first-order valence-electron chi connectivity index (χ1n) is 5.56. The van der Waals surface area contributed by atoms with Crippen LogP contribution in [0.5, 0.6) is 0 Å². The van der Waals surface area contributed by atoms with Crippen molar-refractivity contribution in [2.75, 3.05) is 10.7 Å². The maximum Gasteiger partial charge on any atom is 0.306 e. The minimum atomic E-state index is -0.685. The lowest BCUT2D eigenvalue weighted by atomic mass is 10.1. The molecule has 0 atom stereocenters. The Balaban J connectivity index is 2.35. The lowest BCUT2D eigenvalue weighted by Gasteiger charge is -2.07. The van der Waals surface area contributed by atoms with Crippen molar-refractivity contribution in [3.05, 3.63) is 50.9 Å². The van der Waals surface area contributed by atoms with Crippen molar-refractivity contribution in [3.8, 4) is 0 Å². The number of hydrogen-bond donors (Lipinski definition) is 3. The number of nitrogens with zero attached hydrogens (tertiary/aromatic N) is 3. The number of halogens is 1. The van der Waals surface area contributed by atoms with Crippen LogP contribution in [0.1, 0.15) is 10.4 Å². The molecular formula is C11H9BrN6O3. The molecule has 2 aromatic rings. The minimum absolute atomic E-state index is 0.0366. The summed E-state index contributed by atoms with van der Waals surface area (Å²) in [5.74, 6) is 4.70. The lowest BCUT2D eigenvalue weighted by molar-refractivity contribution is -0.384. The summed E-state index contributed by atoms with van der Waals surface area (Å²) in [4.78, 5) is 30.3. The van der Waals surface area contributed by atoms with Crippen molar-refractivity contribution < 1.29 is 9.72 Å². The normalized spacial score (nSPS) is 10.0. The van der Waals surface area contributed by atoms with Crippen LogP contribution in [0.3, 0.4) is 0 Å². The van der Waals surface area contributed by atoms with Crippen LogP contribution in [0, 0.1) is 10.1 Å². The SMILES string of the molecule is NNc1cccc(C(=O)Nc2cnc(Br)cn2)c1[N+](=O)[O-]. The first-order valence-corrected chi connectivity index (χ1v) is 6.35. The van der Waals surface area contributed by atoms with Gasteiger partial charge < -0.3 is 10.7 Å². The molecule has 4 N–H and O–H groups in total. The third-order valence-corrected chi connectivity index (χ3v) is 2.89. The molecule has 10 heteroatoms. The van der Waals surface area contributed by atoms with Crippen LogP contribution in [0.4, 0.5) is 17.2 Å². The number of para-hydroxylation sites is 1. The van der Waals surface area contributed by atoms with Gasteiger partial charge >= 0.3 is 5.69 Å². The third kappa shape index (κ3) is 3.30. The Morgan fingerprint density at radius 2 is 2.10 bits per heavy atom. The zero-order valence-electron chi connectivity index (χ0n) is 10.4. The monoisotopic (exact) mass is 352 g/mol. The van der Waals surface area contributed by atoms with Gasteiger partial charge in [-0.15, -0.1) is 0 Å². The molecule has 1 aromatic heterocycles. The van der Waals surface area contributed by atoms with Gasteiger partial charge in [-0.1, -0.05) is 6.07 Å². The summed E-state index contributed by atoms with van der Waals surface area (Å²) >= 11 is 3.11. The van der Waals surface area contributed by atoms with Crippen LogP contribution >= 0.6 is 15.9 Å².